The second kappa shape index (κ2) is 6.26. The summed E-state index contributed by atoms with van der Waals surface area (Å²) < 4.78 is 12.6. The van der Waals surface area contributed by atoms with Crippen molar-refractivity contribution in [1.82, 2.24) is 0 Å². The van der Waals surface area contributed by atoms with E-state index in [9.17, 15) is 14.7 Å². The fourth-order valence-electron chi connectivity index (χ4n) is 0.429. The molecule has 0 aromatic heterocycles. The first-order valence-corrected chi connectivity index (χ1v) is 3.21. The smallest absolute Gasteiger partial charge is 0.438 e. The Kier molecular flexibility index (Phi) is 5.50. The van der Waals surface area contributed by atoms with Gasteiger partial charge in [-0.25, -0.2) is 4.79 Å². The van der Waals surface area contributed by atoms with E-state index in [-0.39, 0.29) is 19.6 Å². The summed E-state index contributed by atoms with van der Waals surface area (Å²) in [6.07, 6.45) is -2.11. The predicted molar refractivity (Wildman–Crippen MR) is 35.0 cm³/mol. The molecule has 0 aliphatic carbocycles. The van der Waals surface area contributed by atoms with Crippen molar-refractivity contribution in [2.45, 2.75) is 6.42 Å². The molecule has 1 radical (unpaired) electrons. The van der Waals surface area contributed by atoms with Crippen molar-refractivity contribution < 1.29 is 28.9 Å². The van der Waals surface area contributed by atoms with Gasteiger partial charge in [0.2, 0.25) is 0 Å². The Morgan fingerprint density at radius 3 is 2.25 bits per heavy atom. The number of carbonyl (C=O) groups is 2. The topological polar surface area (TPSA) is 81.7 Å². The van der Waals surface area contributed by atoms with Gasteiger partial charge in [-0.15, -0.1) is 0 Å². The molecule has 0 heterocycles. The molecule has 0 amide bonds. The van der Waals surface area contributed by atoms with Gasteiger partial charge in [-0.05, 0) is 0 Å². The normalized spacial score (nSPS) is 8.75. The molecule has 0 aromatic rings. The van der Waals surface area contributed by atoms with Crippen molar-refractivity contribution >= 4 is 12.3 Å². The SMILES string of the molecule is COC(=O)OCCCOC([O])=O. The maximum Gasteiger partial charge on any atom is 0.549 e. The summed E-state index contributed by atoms with van der Waals surface area (Å²) in [6, 6.07) is 0. The van der Waals surface area contributed by atoms with Crippen LogP contribution in [0.15, 0.2) is 0 Å². The highest BCUT2D eigenvalue weighted by Crippen LogP contribution is 1.88. The zero-order valence-electron chi connectivity index (χ0n) is 6.57. The van der Waals surface area contributed by atoms with Crippen LogP contribution in [-0.4, -0.2) is 32.6 Å². The molecule has 0 saturated carbocycles. The molecule has 0 N–H and O–H groups in total. The summed E-state index contributed by atoms with van der Waals surface area (Å²) in [5, 5.41) is 9.69. The van der Waals surface area contributed by atoms with Gasteiger partial charge in [-0.1, -0.05) is 0 Å². The van der Waals surface area contributed by atoms with E-state index in [2.05, 4.69) is 14.2 Å². The molecule has 0 aliphatic heterocycles. The van der Waals surface area contributed by atoms with Gasteiger partial charge >= 0.3 is 12.3 Å². The molecule has 0 fully saturated rings. The van der Waals surface area contributed by atoms with E-state index in [0.717, 1.165) is 0 Å². The van der Waals surface area contributed by atoms with Crippen molar-refractivity contribution in [2.24, 2.45) is 0 Å². The van der Waals surface area contributed by atoms with E-state index in [1.54, 1.807) is 0 Å². The van der Waals surface area contributed by atoms with Crippen molar-refractivity contribution in [3.63, 3.8) is 0 Å². The van der Waals surface area contributed by atoms with Crippen LogP contribution < -0.4 is 0 Å². The van der Waals surface area contributed by atoms with E-state index in [4.69, 9.17) is 0 Å². The van der Waals surface area contributed by atoms with Crippen LogP contribution >= 0.6 is 0 Å². The van der Waals surface area contributed by atoms with Gasteiger partial charge in [-0.2, -0.15) is 9.90 Å². The molecule has 0 spiro atoms. The number of hydrogen-bond donors (Lipinski definition) is 0. The minimum atomic E-state index is -1.59. The molecular formula is C6H9O6. The summed E-state index contributed by atoms with van der Waals surface area (Å²) in [5.41, 5.74) is 0. The van der Waals surface area contributed by atoms with Gasteiger partial charge in [0.1, 0.15) is 0 Å². The molecule has 69 valence electrons. The third kappa shape index (κ3) is 6.66. The average molecular weight is 177 g/mol. The van der Waals surface area contributed by atoms with Gasteiger partial charge in [0, 0.05) is 6.42 Å². The third-order valence-corrected chi connectivity index (χ3v) is 0.895. The highest BCUT2D eigenvalue weighted by atomic mass is 16.7. The first-order chi connectivity index (χ1) is 5.66. The molecular weight excluding hydrogens is 168 g/mol. The first kappa shape index (κ1) is 10.5. The second-order valence-corrected chi connectivity index (χ2v) is 1.75. The molecule has 6 nitrogen and oxygen atoms in total. The summed E-state index contributed by atoms with van der Waals surface area (Å²) >= 11 is 0. The molecule has 0 bridgehead atoms. The maximum atomic E-state index is 10.3. The summed E-state index contributed by atoms with van der Waals surface area (Å²) in [5.74, 6) is 0. The van der Waals surface area contributed by atoms with E-state index in [1.165, 1.54) is 7.11 Å². The van der Waals surface area contributed by atoms with E-state index in [1.807, 2.05) is 0 Å². The third-order valence-electron chi connectivity index (χ3n) is 0.895. The lowest BCUT2D eigenvalue weighted by Gasteiger charge is -2.01. The highest BCUT2D eigenvalue weighted by molar-refractivity contribution is 5.59. The Hall–Kier alpha value is -1.46. The lowest BCUT2D eigenvalue weighted by Crippen LogP contribution is -2.08. The molecule has 0 atom stereocenters. The lowest BCUT2D eigenvalue weighted by atomic mass is 10.5. The van der Waals surface area contributed by atoms with E-state index < -0.39 is 12.3 Å². The fraction of sp³-hybridized carbons (Fsp3) is 0.667. The van der Waals surface area contributed by atoms with Crippen LogP contribution in [0.4, 0.5) is 9.59 Å². The summed E-state index contributed by atoms with van der Waals surface area (Å²) in [4.78, 5) is 20.0. The molecule has 12 heavy (non-hydrogen) atoms. The number of rotatable bonds is 4. The van der Waals surface area contributed by atoms with Crippen molar-refractivity contribution in [3.05, 3.63) is 0 Å². The average Bonchev–Trinajstić information content (AvgIpc) is 2.03. The zero-order valence-corrected chi connectivity index (χ0v) is 6.57. The molecule has 0 unspecified atom stereocenters. The Morgan fingerprint density at radius 2 is 1.75 bits per heavy atom. The number of carbonyl (C=O) groups excluding carboxylic acids is 2. The number of ether oxygens (including phenoxy) is 3. The van der Waals surface area contributed by atoms with Crippen molar-refractivity contribution in [3.8, 4) is 0 Å². The summed E-state index contributed by atoms with van der Waals surface area (Å²) in [6.45, 7) is -0.000713. The van der Waals surface area contributed by atoms with Crippen LogP contribution in [0.3, 0.4) is 0 Å². The predicted octanol–water partition coefficient (Wildman–Crippen LogP) is 0.727. The van der Waals surface area contributed by atoms with Gasteiger partial charge in [0.05, 0.1) is 20.3 Å². The maximum absolute atomic E-state index is 10.3. The Bertz CT molecular complexity index is 154. The molecule has 6 heteroatoms. The fourth-order valence-corrected chi connectivity index (χ4v) is 0.429. The van der Waals surface area contributed by atoms with Crippen LogP contribution in [0.2, 0.25) is 0 Å². The molecule has 0 saturated heterocycles. The van der Waals surface area contributed by atoms with Gasteiger partial charge < -0.3 is 14.2 Å². The van der Waals surface area contributed by atoms with Gasteiger partial charge in [0.15, 0.2) is 0 Å². The second-order valence-electron chi connectivity index (χ2n) is 1.75. The van der Waals surface area contributed by atoms with Crippen LogP contribution in [0, 0.1) is 0 Å². The van der Waals surface area contributed by atoms with Crippen LogP contribution in [-0.2, 0) is 19.3 Å². The van der Waals surface area contributed by atoms with Crippen LogP contribution in [0.25, 0.3) is 0 Å². The zero-order chi connectivity index (χ0) is 9.40. The minimum Gasteiger partial charge on any atom is -0.438 e. The first-order valence-electron chi connectivity index (χ1n) is 3.21. The monoisotopic (exact) mass is 177 g/mol. The molecule has 0 aromatic carbocycles. The lowest BCUT2D eigenvalue weighted by molar-refractivity contribution is 0.0496. The molecule has 0 rings (SSSR count). The standard InChI is InChI=1S/C6H9O6/c1-10-6(9)12-4-2-3-11-5(7)8/h2-4H2,1H3. The quantitative estimate of drug-likeness (QED) is 0.467. The van der Waals surface area contributed by atoms with Gasteiger partial charge in [0.25, 0.3) is 0 Å². The molecule has 0 aliphatic rings. The Morgan fingerprint density at radius 1 is 1.17 bits per heavy atom. The largest absolute Gasteiger partial charge is 0.549 e. The van der Waals surface area contributed by atoms with E-state index >= 15 is 0 Å². The number of hydrogen-bond acceptors (Lipinski definition) is 5. The Labute approximate surface area is 69.0 Å². The van der Waals surface area contributed by atoms with Crippen molar-refractivity contribution in [2.75, 3.05) is 20.3 Å². The van der Waals surface area contributed by atoms with Crippen molar-refractivity contribution in [1.29, 1.82) is 0 Å². The number of methoxy groups -OCH3 is 1. The van der Waals surface area contributed by atoms with Gasteiger partial charge in [-0.3, -0.25) is 0 Å². The highest BCUT2D eigenvalue weighted by Gasteiger charge is 2.01. The minimum absolute atomic E-state index is 0.0555. The van der Waals surface area contributed by atoms with E-state index in [0.29, 0.717) is 0 Å². The summed E-state index contributed by atoms with van der Waals surface area (Å²) in [7, 11) is 1.18. The Balaban J connectivity index is 3.11. The van der Waals surface area contributed by atoms with Crippen LogP contribution in [0.1, 0.15) is 6.42 Å². The van der Waals surface area contributed by atoms with Crippen LogP contribution in [0.5, 0.6) is 0 Å².